The molecule has 0 saturated heterocycles. The van der Waals surface area contributed by atoms with Gasteiger partial charge in [0, 0.05) is 6.20 Å². The lowest BCUT2D eigenvalue weighted by atomic mass is 10.1. The van der Waals surface area contributed by atoms with Crippen LogP contribution < -0.4 is 9.04 Å². The Hall–Kier alpha value is -3.46. The van der Waals surface area contributed by atoms with Gasteiger partial charge in [0.05, 0.1) is 17.8 Å². The van der Waals surface area contributed by atoms with Crippen LogP contribution in [-0.2, 0) is 29.5 Å². The molecule has 1 N–H and O–H groups in total. The molecule has 1 heterocycles. The summed E-state index contributed by atoms with van der Waals surface area (Å²) in [5, 5.41) is 8.91. The summed E-state index contributed by atoms with van der Waals surface area (Å²) in [5.74, 6) is -0.702. The van der Waals surface area contributed by atoms with Crippen LogP contribution in [0.5, 0.6) is 5.75 Å². The maximum absolute atomic E-state index is 14.2. The zero-order valence-corrected chi connectivity index (χ0v) is 19.5. The predicted molar refractivity (Wildman–Crippen MR) is 126 cm³/mol. The second-order valence-electron chi connectivity index (χ2n) is 8.22. The summed E-state index contributed by atoms with van der Waals surface area (Å²) in [4.78, 5) is 15.1. The number of aromatic nitrogens is 1. The maximum Gasteiger partial charge on any atom is 0.335 e. The molecule has 0 amide bonds. The first-order valence-corrected chi connectivity index (χ1v) is 12.4. The molecule has 0 saturated carbocycles. The van der Waals surface area contributed by atoms with Crippen LogP contribution in [0.3, 0.4) is 0 Å². The number of fused-ring (bicyclic) bond motifs is 1. The molecule has 0 aliphatic heterocycles. The molecule has 34 heavy (non-hydrogen) atoms. The third kappa shape index (κ3) is 5.04. The largest absolute Gasteiger partial charge is 0.487 e. The number of ether oxygens (including phenoxy) is 1. The number of benzene rings is 2. The minimum atomic E-state index is -4.15. The summed E-state index contributed by atoms with van der Waals surface area (Å²) in [7, 11) is -4.15. The SMILES string of the molecule is C[C@H](F)CN(c1cc2c(cc1OCc1ccc(C(=O)O)cc1)CCC2)S(=O)(=O)c1ccccn1. The fourth-order valence-corrected chi connectivity index (χ4v) is 5.44. The number of halogens is 1. The molecule has 178 valence electrons. The standard InChI is InChI=1S/C25H25FN2O5S/c1-17(26)15-28(34(31,32)24-7-2-3-12-27-24)22-13-20-5-4-6-21(20)14-23(22)33-16-18-8-10-19(11-9-18)25(29)30/h2-3,7-14,17H,4-6,15-16H2,1H3,(H,29,30)/t17-/m0/s1. The van der Waals surface area contributed by atoms with Gasteiger partial charge in [0.15, 0.2) is 5.03 Å². The van der Waals surface area contributed by atoms with Crippen molar-refractivity contribution in [1.82, 2.24) is 4.98 Å². The highest BCUT2D eigenvalue weighted by molar-refractivity contribution is 7.92. The van der Waals surface area contributed by atoms with Gasteiger partial charge in [0.1, 0.15) is 18.5 Å². The second kappa shape index (κ2) is 9.80. The monoisotopic (exact) mass is 484 g/mol. The van der Waals surface area contributed by atoms with Gasteiger partial charge in [-0.1, -0.05) is 18.2 Å². The Kier molecular flexibility index (Phi) is 6.83. The number of carboxylic acids is 1. The lowest BCUT2D eigenvalue weighted by molar-refractivity contribution is 0.0696. The van der Waals surface area contributed by atoms with E-state index in [-0.39, 0.29) is 29.4 Å². The average Bonchev–Trinajstić information content (AvgIpc) is 3.28. The number of pyridine rings is 1. The van der Waals surface area contributed by atoms with Crippen LogP contribution in [0, 0.1) is 0 Å². The molecular weight excluding hydrogens is 459 g/mol. The Morgan fingerprint density at radius 1 is 1.15 bits per heavy atom. The van der Waals surface area contributed by atoms with E-state index in [0.717, 1.165) is 40.3 Å². The third-order valence-corrected chi connectivity index (χ3v) is 7.34. The zero-order chi connectivity index (χ0) is 24.3. The minimum absolute atomic E-state index is 0.0916. The fraction of sp³-hybridized carbons (Fsp3) is 0.280. The molecule has 0 spiro atoms. The van der Waals surface area contributed by atoms with Gasteiger partial charge in [0.25, 0.3) is 10.0 Å². The highest BCUT2D eigenvalue weighted by atomic mass is 32.2. The van der Waals surface area contributed by atoms with Crippen molar-refractivity contribution >= 4 is 21.7 Å². The summed E-state index contributed by atoms with van der Waals surface area (Å²) in [6.45, 7) is 1.01. The molecule has 0 bridgehead atoms. The Labute approximate surface area is 197 Å². The van der Waals surface area contributed by atoms with Gasteiger partial charge in [0.2, 0.25) is 0 Å². The van der Waals surface area contributed by atoms with Gasteiger partial charge >= 0.3 is 5.97 Å². The summed E-state index contributed by atoms with van der Waals surface area (Å²) < 4.78 is 48.3. The van der Waals surface area contributed by atoms with Gasteiger partial charge in [-0.2, -0.15) is 8.42 Å². The molecule has 0 radical (unpaired) electrons. The number of carbonyl (C=O) groups is 1. The van der Waals surface area contributed by atoms with E-state index >= 15 is 0 Å². The summed E-state index contributed by atoms with van der Waals surface area (Å²) in [6, 6.07) is 14.4. The summed E-state index contributed by atoms with van der Waals surface area (Å²) in [5.41, 5.74) is 3.23. The highest BCUT2D eigenvalue weighted by Gasteiger charge is 2.31. The van der Waals surface area contributed by atoms with Crippen molar-refractivity contribution in [3.05, 3.63) is 83.0 Å². The number of aromatic carboxylic acids is 1. The number of hydrogen-bond acceptors (Lipinski definition) is 5. The van der Waals surface area contributed by atoms with Crippen LogP contribution in [0.2, 0.25) is 0 Å². The number of hydrogen-bond donors (Lipinski definition) is 1. The number of rotatable bonds is 9. The van der Waals surface area contributed by atoms with Crippen LogP contribution in [0.4, 0.5) is 10.1 Å². The van der Waals surface area contributed by atoms with E-state index in [0.29, 0.717) is 5.75 Å². The first kappa shape index (κ1) is 23.7. The number of alkyl halides is 1. The van der Waals surface area contributed by atoms with Gasteiger partial charge in [-0.3, -0.25) is 4.31 Å². The quantitative estimate of drug-likeness (QED) is 0.484. The van der Waals surface area contributed by atoms with Crippen molar-refractivity contribution in [1.29, 1.82) is 0 Å². The lowest BCUT2D eigenvalue weighted by Gasteiger charge is -2.27. The normalized spacial score (nSPS) is 13.8. The van der Waals surface area contributed by atoms with Gasteiger partial charge < -0.3 is 9.84 Å². The van der Waals surface area contributed by atoms with Crippen LogP contribution >= 0.6 is 0 Å². The molecule has 1 aliphatic rings. The molecule has 2 aromatic carbocycles. The third-order valence-electron chi connectivity index (χ3n) is 5.65. The molecule has 3 aromatic rings. The zero-order valence-electron chi connectivity index (χ0n) is 18.6. The molecule has 7 nitrogen and oxygen atoms in total. The predicted octanol–water partition coefficient (Wildman–Crippen LogP) is 4.40. The van der Waals surface area contributed by atoms with Crippen LogP contribution in [0.25, 0.3) is 0 Å². The molecular formula is C25H25FN2O5S. The molecule has 1 aromatic heterocycles. The van der Waals surface area contributed by atoms with E-state index in [9.17, 15) is 17.6 Å². The second-order valence-corrected chi connectivity index (χ2v) is 10.0. The Morgan fingerprint density at radius 2 is 1.85 bits per heavy atom. The molecule has 1 atom stereocenters. The van der Waals surface area contributed by atoms with E-state index in [2.05, 4.69) is 4.98 Å². The van der Waals surface area contributed by atoms with E-state index in [4.69, 9.17) is 9.84 Å². The average molecular weight is 485 g/mol. The first-order chi connectivity index (χ1) is 16.3. The van der Waals surface area contributed by atoms with Crippen LogP contribution in [-0.4, -0.2) is 37.2 Å². The number of sulfonamides is 1. The Balaban J connectivity index is 1.73. The van der Waals surface area contributed by atoms with Crippen molar-refractivity contribution in [2.75, 3.05) is 10.8 Å². The Morgan fingerprint density at radius 3 is 2.47 bits per heavy atom. The summed E-state index contributed by atoms with van der Waals surface area (Å²) >= 11 is 0. The Bertz CT molecular complexity index is 1280. The van der Waals surface area contributed by atoms with Crippen molar-refractivity contribution in [2.24, 2.45) is 0 Å². The smallest absolute Gasteiger partial charge is 0.335 e. The first-order valence-electron chi connectivity index (χ1n) is 10.9. The van der Waals surface area contributed by atoms with Crippen molar-refractivity contribution in [3.8, 4) is 5.75 Å². The van der Waals surface area contributed by atoms with Crippen LogP contribution in [0.15, 0.2) is 65.8 Å². The van der Waals surface area contributed by atoms with Gasteiger partial charge in [-0.05, 0) is 79.3 Å². The maximum atomic E-state index is 14.2. The molecule has 1 aliphatic carbocycles. The topological polar surface area (TPSA) is 96.8 Å². The molecule has 9 heteroatoms. The van der Waals surface area contributed by atoms with Gasteiger partial charge in [-0.15, -0.1) is 0 Å². The molecule has 0 fully saturated rings. The van der Waals surface area contributed by atoms with E-state index in [1.807, 2.05) is 6.07 Å². The number of carboxylic acid groups (broad SMARTS) is 1. The number of nitrogens with zero attached hydrogens (tertiary/aromatic N) is 2. The van der Waals surface area contributed by atoms with Crippen molar-refractivity contribution in [2.45, 2.75) is 44.0 Å². The summed E-state index contributed by atoms with van der Waals surface area (Å²) in [6.07, 6.45) is 2.56. The van der Waals surface area contributed by atoms with E-state index in [1.165, 1.54) is 31.3 Å². The fourth-order valence-electron chi connectivity index (χ4n) is 3.97. The number of aryl methyl sites for hydroxylation is 2. The lowest BCUT2D eigenvalue weighted by Crippen LogP contribution is -2.36. The van der Waals surface area contributed by atoms with E-state index < -0.39 is 22.2 Å². The van der Waals surface area contributed by atoms with Crippen LogP contribution in [0.1, 0.15) is 40.4 Å². The minimum Gasteiger partial charge on any atom is -0.487 e. The highest BCUT2D eigenvalue weighted by Crippen LogP contribution is 2.38. The molecule has 4 rings (SSSR count). The molecule has 0 unspecified atom stereocenters. The van der Waals surface area contributed by atoms with E-state index in [1.54, 1.807) is 30.3 Å². The number of anilines is 1. The van der Waals surface area contributed by atoms with Gasteiger partial charge in [-0.25, -0.2) is 14.2 Å². The van der Waals surface area contributed by atoms with Crippen molar-refractivity contribution in [3.63, 3.8) is 0 Å². The van der Waals surface area contributed by atoms with Crippen molar-refractivity contribution < 1.29 is 27.4 Å².